The van der Waals surface area contributed by atoms with Crippen molar-refractivity contribution in [1.29, 1.82) is 0 Å². The predicted molar refractivity (Wildman–Crippen MR) is 246 cm³/mol. The Morgan fingerprint density at radius 2 is 1.02 bits per heavy atom. The summed E-state index contributed by atoms with van der Waals surface area (Å²) in [5.74, 6) is 0. The highest BCUT2D eigenvalue weighted by atomic mass is 15.1. The fourth-order valence-corrected chi connectivity index (χ4v) is 9.52. The lowest BCUT2D eigenvalue weighted by Gasteiger charge is -2.35. The quantitative estimate of drug-likeness (QED) is 0.165. The zero-order valence-corrected chi connectivity index (χ0v) is 32.7. The number of aromatic nitrogens is 1. The van der Waals surface area contributed by atoms with Crippen LogP contribution >= 0.6 is 0 Å². The molecular weight excluding hydrogens is 701 g/mol. The highest BCUT2D eigenvalue weighted by molar-refractivity contribution is 6.21. The lowest BCUT2D eigenvalue weighted by molar-refractivity contribution is 0.517. The van der Waals surface area contributed by atoms with Gasteiger partial charge in [0.2, 0.25) is 0 Å². The first-order valence-corrected chi connectivity index (χ1v) is 20.3. The van der Waals surface area contributed by atoms with Gasteiger partial charge in [0.15, 0.2) is 0 Å². The fraction of sp³-hybridized carbons (Fsp3) is 0.0714. The number of rotatable bonds is 6. The first-order chi connectivity index (χ1) is 28.5. The largest absolute Gasteiger partial charge is 0.310 e. The van der Waals surface area contributed by atoms with Crippen LogP contribution < -0.4 is 4.90 Å². The summed E-state index contributed by atoms with van der Waals surface area (Å²) >= 11 is 0. The van der Waals surface area contributed by atoms with Crippen molar-refractivity contribution in [3.63, 3.8) is 0 Å². The predicted octanol–water partition coefficient (Wildman–Crippen LogP) is 15.2. The molecule has 11 rings (SSSR count). The Kier molecular flexibility index (Phi) is 7.94. The molecule has 58 heavy (non-hydrogen) atoms. The van der Waals surface area contributed by atoms with Crippen LogP contribution in [-0.4, -0.2) is 4.57 Å². The topological polar surface area (TPSA) is 8.17 Å². The van der Waals surface area contributed by atoms with E-state index < -0.39 is 0 Å². The van der Waals surface area contributed by atoms with E-state index in [-0.39, 0.29) is 5.41 Å². The van der Waals surface area contributed by atoms with Crippen molar-refractivity contribution < 1.29 is 0 Å². The third-order valence-corrected chi connectivity index (χ3v) is 12.3. The third kappa shape index (κ3) is 5.64. The minimum Gasteiger partial charge on any atom is -0.310 e. The molecule has 9 aromatic carbocycles. The van der Waals surface area contributed by atoms with E-state index in [0.29, 0.717) is 0 Å². The molecule has 2 heteroatoms. The van der Waals surface area contributed by atoms with Gasteiger partial charge in [0.1, 0.15) is 0 Å². The van der Waals surface area contributed by atoms with Crippen LogP contribution in [0.5, 0.6) is 0 Å². The summed E-state index contributed by atoms with van der Waals surface area (Å²) in [7, 11) is 0. The summed E-state index contributed by atoms with van der Waals surface area (Å²) in [6.45, 7) is 4.75. The molecule has 0 aliphatic heterocycles. The van der Waals surface area contributed by atoms with Crippen LogP contribution in [0.4, 0.5) is 17.1 Å². The Labute approximate surface area is 339 Å². The second-order valence-corrected chi connectivity index (χ2v) is 16.3. The molecule has 1 aliphatic carbocycles. The van der Waals surface area contributed by atoms with Crippen molar-refractivity contribution in [3.05, 3.63) is 217 Å². The van der Waals surface area contributed by atoms with Gasteiger partial charge in [-0.2, -0.15) is 0 Å². The molecule has 1 heterocycles. The smallest absolute Gasteiger partial charge is 0.0547 e. The van der Waals surface area contributed by atoms with E-state index in [4.69, 9.17) is 0 Å². The number of para-hydroxylation sites is 1. The number of nitrogens with zero attached hydrogens (tertiary/aromatic N) is 2. The van der Waals surface area contributed by atoms with Gasteiger partial charge in [-0.15, -0.1) is 0 Å². The maximum absolute atomic E-state index is 2.42. The molecule has 276 valence electrons. The van der Waals surface area contributed by atoms with Gasteiger partial charge in [0, 0.05) is 33.5 Å². The van der Waals surface area contributed by atoms with Crippen LogP contribution in [0.1, 0.15) is 25.0 Å². The van der Waals surface area contributed by atoms with Crippen molar-refractivity contribution >= 4 is 49.6 Å². The van der Waals surface area contributed by atoms with Crippen molar-refractivity contribution in [2.45, 2.75) is 25.7 Å². The van der Waals surface area contributed by atoms with Crippen LogP contribution in [0.3, 0.4) is 0 Å². The summed E-state index contributed by atoms with van der Waals surface area (Å²) in [5.41, 5.74) is 17.4. The molecule has 0 bridgehead atoms. The van der Waals surface area contributed by atoms with Crippen molar-refractivity contribution in [2.24, 2.45) is 0 Å². The minimum atomic E-state index is 0.0484. The van der Waals surface area contributed by atoms with E-state index in [9.17, 15) is 0 Å². The molecule has 1 aliphatic rings. The highest BCUT2D eigenvalue weighted by Crippen LogP contribution is 2.46. The zero-order chi connectivity index (χ0) is 38.8. The average molecular weight is 743 g/mol. The van der Waals surface area contributed by atoms with E-state index in [1.165, 1.54) is 82.8 Å². The molecule has 0 spiro atoms. The molecular formula is C56H42N2. The van der Waals surface area contributed by atoms with Crippen LogP contribution in [0.2, 0.25) is 0 Å². The van der Waals surface area contributed by atoms with E-state index in [0.717, 1.165) is 23.5 Å². The lowest BCUT2D eigenvalue weighted by atomic mass is 9.70. The highest BCUT2D eigenvalue weighted by Gasteiger charge is 2.31. The Hall–Kier alpha value is -7.16. The van der Waals surface area contributed by atoms with Crippen LogP contribution in [-0.2, 0) is 11.8 Å². The maximum atomic E-state index is 2.42. The molecule has 0 N–H and O–H groups in total. The average Bonchev–Trinajstić information content (AvgIpc) is 3.62. The molecule has 0 unspecified atom stereocenters. The Balaban J connectivity index is 1.03. The van der Waals surface area contributed by atoms with Gasteiger partial charge in [0.05, 0.1) is 11.0 Å². The van der Waals surface area contributed by atoms with Gasteiger partial charge < -0.3 is 9.47 Å². The lowest BCUT2D eigenvalue weighted by Crippen LogP contribution is -2.25. The molecule has 10 aromatic rings. The Morgan fingerprint density at radius 1 is 0.431 bits per heavy atom. The molecule has 1 aromatic heterocycles. The van der Waals surface area contributed by atoms with Gasteiger partial charge in [-0.05, 0) is 134 Å². The third-order valence-electron chi connectivity index (χ3n) is 12.3. The van der Waals surface area contributed by atoms with Crippen molar-refractivity contribution in [2.75, 3.05) is 4.90 Å². The maximum Gasteiger partial charge on any atom is 0.0547 e. The minimum absolute atomic E-state index is 0.0484. The molecule has 0 saturated carbocycles. The molecule has 2 nitrogen and oxygen atoms in total. The summed E-state index contributed by atoms with van der Waals surface area (Å²) in [5, 5.41) is 5.08. The molecule has 0 fully saturated rings. The van der Waals surface area contributed by atoms with Gasteiger partial charge in [-0.3, -0.25) is 0 Å². The second-order valence-electron chi connectivity index (χ2n) is 16.3. The zero-order valence-electron chi connectivity index (χ0n) is 32.7. The summed E-state index contributed by atoms with van der Waals surface area (Å²) in [6, 6.07) is 75.7. The monoisotopic (exact) mass is 742 g/mol. The number of anilines is 3. The fourth-order valence-electron chi connectivity index (χ4n) is 9.52. The van der Waals surface area contributed by atoms with E-state index in [1.807, 2.05) is 0 Å². The van der Waals surface area contributed by atoms with Gasteiger partial charge in [-0.25, -0.2) is 0 Å². The number of hydrogen-bond donors (Lipinski definition) is 0. The number of fused-ring (bicyclic) bond motifs is 8. The normalized spacial score (nSPS) is 13.1. The molecule has 0 saturated heterocycles. The van der Waals surface area contributed by atoms with Crippen LogP contribution in [0, 0.1) is 0 Å². The van der Waals surface area contributed by atoms with Gasteiger partial charge in [0.25, 0.3) is 0 Å². The van der Waals surface area contributed by atoms with Crippen molar-refractivity contribution in [1.82, 2.24) is 4.57 Å². The molecule has 0 atom stereocenters. The first kappa shape index (κ1) is 34.1. The molecule has 0 radical (unpaired) electrons. The standard InChI is InChI=1S/C56H42N2/c1-56(2)37-43-35-47(31-32-48(43)50-19-11-12-20-52(50)56)57(45-27-21-39(22-28-45)38-13-5-3-6-14-38)46-29-23-40(24-30-46)42-26-33-53-51(36-42)55-49-18-10-9-15-41(49)25-34-54(55)58(53)44-16-7-4-8-17-44/h3-36H,37H2,1-2H3. The van der Waals surface area contributed by atoms with E-state index >= 15 is 0 Å². The second kappa shape index (κ2) is 13.5. The SMILES string of the molecule is CC1(C)Cc2cc(N(c3ccc(-c4ccccc4)cc3)c3ccc(-c4ccc5c(c4)c4c6ccccc6ccc4n5-c4ccccc4)cc3)ccc2-c2ccccc21. The summed E-state index contributed by atoms with van der Waals surface area (Å²) < 4.78 is 2.41. The number of hydrogen-bond acceptors (Lipinski definition) is 1. The van der Waals surface area contributed by atoms with Crippen LogP contribution in [0.15, 0.2) is 206 Å². The van der Waals surface area contributed by atoms with Crippen molar-refractivity contribution in [3.8, 4) is 39.1 Å². The van der Waals surface area contributed by atoms with E-state index in [2.05, 4.69) is 230 Å². The molecule has 0 amide bonds. The van der Waals surface area contributed by atoms with Crippen LogP contribution in [0.25, 0.3) is 71.6 Å². The van der Waals surface area contributed by atoms with Gasteiger partial charge >= 0.3 is 0 Å². The first-order valence-electron chi connectivity index (χ1n) is 20.3. The number of benzene rings is 9. The Bertz CT molecular complexity index is 3140. The summed E-state index contributed by atoms with van der Waals surface area (Å²) in [6.07, 6.45) is 0.991. The summed E-state index contributed by atoms with van der Waals surface area (Å²) in [4.78, 5) is 2.41. The van der Waals surface area contributed by atoms with Gasteiger partial charge in [-0.1, -0.05) is 153 Å². The Morgan fingerprint density at radius 3 is 1.78 bits per heavy atom. The van der Waals surface area contributed by atoms with E-state index in [1.54, 1.807) is 0 Å².